The van der Waals surface area contributed by atoms with Crippen LogP contribution in [0.4, 0.5) is 0 Å². The monoisotopic (exact) mass is 220 g/mol. The SMILES string of the molecule is O=C([O-])/C=C/C(=O)OC1CCCCC1.[Na+]. The first kappa shape index (κ1) is 14.7. The average molecular weight is 220 g/mol. The Morgan fingerprint density at radius 3 is 2.27 bits per heavy atom. The van der Waals surface area contributed by atoms with Crippen molar-refractivity contribution in [2.24, 2.45) is 0 Å². The summed E-state index contributed by atoms with van der Waals surface area (Å²) < 4.78 is 5.02. The zero-order valence-electron chi connectivity index (χ0n) is 8.90. The molecule has 5 heteroatoms. The van der Waals surface area contributed by atoms with Crippen molar-refractivity contribution in [2.45, 2.75) is 38.2 Å². The first-order chi connectivity index (χ1) is 6.68. The van der Waals surface area contributed by atoms with Gasteiger partial charge in [-0.15, -0.1) is 0 Å². The first-order valence-electron chi connectivity index (χ1n) is 4.78. The van der Waals surface area contributed by atoms with E-state index in [0.29, 0.717) is 6.08 Å². The van der Waals surface area contributed by atoms with E-state index in [-0.39, 0.29) is 35.7 Å². The van der Waals surface area contributed by atoms with Crippen LogP contribution in [0.1, 0.15) is 32.1 Å². The van der Waals surface area contributed by atoms with E-state index in [9.17, 15) is 14.7 Å². The van der Waals surface area contributed by atoms with E-state index in [1.165, 1.54) is 6.42 Å². The summed E-state index contributed by atoms with van der Waals surface area (Å²) in [7, 11) is 0. The molecule has 78 valence electrons. The number of carbonyl (C=O) groups excluding carboxylic acids is 2. The largest absolute Gasteiger partial charge is 1.00 e. The molecular formula is C10H13NaO4. The van der Waals surface area contributed by atoms with Crippen LogP contribution in [0.2, 0.25) is 0 Å². The van der Waals surface area contributed by atoms with Crippen LogP contribution < -0.4 is 34.7 Å². The van der Waals surface area contributed by atoms with Gasteiger partial charge in [-0.2, -0.15) is 0 Å². The van der Waals surface area contributed by atoms with Gasteiger partial charge in [0.1, 0.15) is 6.10 Å². The molecule has 0 amide bonds. The third-order valence-corrected chi connectivity index (χ3v) is 2.19. The van der Waals surface area contributed by atoms with Crippen molar-refractivity contribution in [1.82, 2.24) is 0 Å². The number of ether oxygens (including phenoxy) is 1. The molecule has 1 rings (SSSR count). The second-order valence-corrected chi connectivity index (χ2v) is 3.35. The second kappa shape index (κ2) is 7.91. The van der Waals surface area contributed by atoms with Crippen molar-refractivity contribution >= 4 is 11.9 Å². The molecule has 0 radical (unpaired) electrons. The number of hydrogen-bond acceptors (Lipinski definition) is 4. The predicted molar refractivity (Wildman–Crippen MR) is 47.1 cm³/mol. The maximum Gasteiger partial charge on any atom is 1.00 e. The quantitative estimate of drug-likeness (QED) is 0.292. The zero-order valence-corrected chi connectivity index (χ0v) is 10.9. The smallest absolute Gasteiger partial charge is 0.545 e. The van der Waals surface area contributed by atoms with E-state index >= 15 is 0 Å². The molecule has 0 bridgehead atoms. The van der Waals surface area contributed by atoms with Gasteiger partial charge >= 0.3 is 35.5 Å². The molecule has 0 aliphatic heterocycles. The Balaban J connectivity index is 0.00000196. The van der Waals surface area contributed by atoms with Gasteiger partial charge in [0, 0.05) is 6.08 Å². The van der Waals surface area contributed by atoms with Crippen LogP contribution in [0.25, 0.3) is 0 Å². The van der Waals surface area contributed by atoms with E-state index in [1.54, 1.807) is 0 Å². The Bertz CT molecular complexity index is 244. The first-order valence-corrected chi connectivity index (χ1v) is 4.78. The van der Waals surface area contributed by atoms with Gasteiger partial charge in [-0.1, -0.05) is 6.42 Å². The molecule has 0 unspecified atom stereocenters. The van der Waals surface area contributed by atoms with Gasteiger partial charge in [-0.05, 0) is 31.8 Å². The summed E-state index contributed by atoms with van der Waals surface area (Å²) in [5, 5.41) is 9.99. The molecule has 0 atom stereocenters. The minimum absolute atomic E-state index is 0. The van der Waals surface area contributed by atoms with Crippen molar-refractivity contribution in [2.75, 3.05) is 0 Å². The number of hydrogen-bond donors (Lipinski definition) is 0. The fourth-order valence-corrected chi connectivity index (χ4v) is 1.52. The standard InChI is InChI=1S/C10H14O4.Na/c11-9(12)6-7-10(13)14-8-4-2-1-3-5-8;/h6-8H,1-5H2,(H,11,12);/q;+1/p-1/b7-6+;. The second-order valence-electron chi connectivity index (χ2n) is 3.35. The molecule has 4 nitrogen and oxygen atoms in total. The molecular weight excluding hydrogens is 207 g/mol. The van der Waals surface area contributed by atoms with Gasteiger partial charge < -0.3 is 14.6 Å². The van der Waals surface area contributed by atoms with Gasteiger partial charge in [0.05, 0.1) is 5.97 Å². The van der Waals surface area contributed by atoms with Crippen LogP contribution in [-0.4, -0.2) is 18.0 Å². The van der Waals surface area contributed by atoms with Gasteiger partial charge in [0.25, 0.3) is 0 Å². The summed E-state index contributed by atoms with van der Waals surface area (Å²) in [6.45, 7) is 0. The number of aliphatic carboxylic acids is 1. The van der Waals surface area contributed by atoms with Crippen LogP contribution in [0, 0.1) is 0 Å². The van der Waals surface area contributed by atoms with Crippen LogP contribution in [0.5, 0.6) is 0 Å². The Morgan fingerprint density at radius 1 is 1.13 bits per heavy atom. The van der Waals surface area contributed by atoms with Crippen LogP contribution in [-0.2, 0) is 14.3 Å². The van der Waals surface area contributed by atoms with Crippen LogP contribution >= 0.6 is 0 Å². The van der Waals surface area contributed by atoms with Crippen molar-refractivity contribution in [3.05, 3.63) is 12.2 Å². The average Bonchev–Trinajstić information content (AvgIpc) is 2.16. The number of rotatable bonds is 3. The third kappa shape index (κ3) is 6.71. The molecule has 0 spiro atoms. The van der Waals surface area contributed by atoms with E-state index in [0.717, 1.165) is 31.8 Å². The molecule has 0 N–H and O–H groups in total. The van der Waals surface area contributed by atoms with Gasteiger partial charge in [0.15, 0.2) is 0 Å². The minimum Gasteiger partial charge on any atom is -0.545 e. The van der Waals surface area contributed by atoms with Crippen LogP contribution in [0.3, 0.4) is 0 Å². The minimum atomic E-state index is -1.38. The summed E-state index contributed by atoms with van der Waals surface area (Å²) >= 11 is 0. The fraction of sp³-hybridized carbons (Fsp3) is 0.600. The summed E-state index contributed by atoms with van der Waals surface area (Å²) in [5.41, 5.74) is 0. The zero-order chi connectivity index (χ0) is 10.4. The van der Waals surface area contributed by atoms with Crippen molar-refractivity contribution in [3.63, 3.8) is 0 Å². The maximum atomic E-state index is 11.0. The van der Waals surface area contributed by atoms with Crippen molar-refractivity contribution in [3.8, 4) is 0 Å². The molecule has 1 aliphatic carbocycles. The molecule has 0 heterocycles. The molecule has 1 saturated carbocycles. The molecule has 0 aromatic carbocycles. The third-order valence-electron chi connectivity index (χ3n) is 2.19. The van der Waals surface area contributed by atoms with E-state index < -0.39 is 11.9 Å². The molecule has 0 aromatic heterocycles. The Hall–Kier alpha value is -0.320. The normalized spacial score (nSPS) is 17.1. The predicted octanol–water partition coefficient (Wildman–Crippen LogP) is -2.83. The van der Waals surface area contributed by atoms with E-state index in [4.69, 9.17) is 4.74 Å². The summed E-state index contributed by atoms with van der Waals surface area (Å²) in [4.78, 5) is 21.0. The summed E-state index contributed by atoms with van der Waals surface area (Å²) in [6.07, 6.45) is 6.63. The maximum absolute atomic E-state index is 11.0. The van der Waals surface area contributed by atoms with Gasteiger partial charge in [-0.3, -0.25) is 0 Å². The molecule has 1 aliphatic rings. The molecule has 15 heavy (non-hydrogen) atoms. The summed E-state index contributed by atoms with van der Waals surface area (Å²) in [6, 6.07) is 0. The topological polar surface area (TPSA) is 66.4 Å². The van der Waals surface area contributed by atoms with Crippen molar-refractivity contribution in [1.29, 1.82) is 0 Å². The number of carbonyl (C=O) groups is 2. The fourth-order valence-electron chi connectivity index (χ4n) is 1.52. The van der Waals surface area contributed by atoms with E-state index in [1.807, 2.05) is 0 Å². The van der Waals surface area contributed by atoms with Gasteiger partial charge in [0.2, 0.25) is 0 Å². The number of carboxylic acids is 1. The number of carboxylic acid groups (broad SMARTS) is 1. The van der Waals surface area contributed by atoms with Gasteiger partial charge in [-0.25, -0.2) is 4.79 Å². The Labute approximate surface area is 111 Å². The Kier molecular flexibility index (Phi) is 7.74. The van der Waals surface area contributed by atoms with E-state index in [2.05, 4.69) is 0 Å². The summed E-state index contributed by atoms with van der Waals surface area (Å²) in [5.74, 6) is -1.98. The number of esters is 1. The molecule has 1 fully saturated rings. The van der Waals surface area contributed by atoms with Crippen molar-refractivity contribution < 1.29 is 49.0 Å². The molecule has 0 aromatic rings. The molecule has 0 saturated heterocycles. The Morgan fingerprint density at radius 2 is 1.73 bits per heavy atom. The van der Waals surface area contributed by atoms with Crippen LogP contribution in [0.15, 0.2) is 12.2 Å².